The fourth-order valence-electron chi connectivity index (χ4n) is 2.62. The highest BCUT2D eigenvalue weighted by Crippen LogP contribution is 2.07. The van der Waals surface area contributed by atoms with E-state index in [2.05, 4.69) is 22.1 Å². The molecule has 27 heavy (non-hydrogen) atoms. The van der Waals surface area contributed by atoms with Gasteiger partial charge in [-0.05, 0) is 38.0 Å². The van der Waals surface area contributed by atoms with Crippen molar-refractivity contribution in [2.45, 2.75) is 26.3 Å². The van der Waals surface area contributed by atoms with Crippen molar-refractivity contribution in [3.05, 3.63) is 65.1 Å². The van der Waals surface area contributed by atoms with Crippen LogP contribution < -0.4 is 15.6 Å². The number of para-hydroxylation sites is 1. The van der Waals surface area contributed by atoms with E-state index in [0.29, 0.717) is 6.61 Å². The van der Waals surface area contributed by atoms with Gasteiger partial charge < -0.3 is 19.5 Å². The quantitative estimate of drug-likeness (QED) is 0.397. The lowest BCUT2D eigenvalue weighted by Gasteiger charge is -2.22. The Morgan fingerprint density at radius 3 is 2.67 bits per heavy atom. The Hall–Kier alpha value is -2.76. The number of guanidine groups is 1. The lowest BCUT2D eigenvalue weighted by molar-refractivity contribution is 0.281. The highest BCUT2D eigenvalue weighted by molar-refractivity contribution is 5.79. The van der Waals surface area contributed by atoms with Gasteiger partial charge in [0.1, 0.15) is 12.4 Å². The Kier molecular flexibility index (Phi) is 8.96. The fourth-order valence-corrected chi connectivity index (χ4v) is 2.62. The minimum Gasteiger partial charge on any atom is -0.492 e. The van der Waals surface area contributed by atoms with Gasteiger partial charge in [0.25, 0.3) is 0 Å². The summed E-state index contributed by atoms with van der Waals surface area (Å²) in [4.78, 5) is 18.4. The molecule has 0 radical (unpaired) electrons. The third-order valence-corrected chi connectivity index (χ3v) is 4.10. The predicted molar refractivity (Wildman–Crippen MR) is 110 cm³/mol. The molecule has 1 aromatic carbocycles. The molecular weight excluding hydrogens is 340 g/mol. The minimum atomic E-state index is 0.0486. The monoisotopic (exact) mass is 370 g/mol. The van der Waals surface area contributed by atoms with Crippen LogP contribution in [0.1, 0.15) is 19.8 Å². The van der Waals surface area contributed by atoms with Crippen LogP contribution in [-0.2, 0) is 6.54 Å². The molecule has 0 saturated carbocycles. The van der Waals surface area contributed by atoms with Crippen LogP contribution in [0, 0.1) is 0 Å². The second-order valence-electron chi connectivity index (χ2n) is 6.26. The van der Waals surface area contributed by atoms with Crippen molar-refractivity contribution in [3.63, 3.8) is 0 Å². The van der Waals surface area contributed by atoms with E-state index in [4.69, 9.17) is 4.74 Å². The van der Waals surface area contributed by atoms with Gasteiger partial charge in [-0.15, -0.1) is 0 Å². The molecule has 146 valence electrons. The highest BCUT2D eigenvalue weighted by Gasteiger charge is 2.05. The summed E-state index contributed by atoms with van der Waals surface area (Å²) in [5, 5.41) is 3.31. The van der Waals surface area contributed by atoms with E-state index in [1.54, 1.807) is 16.7 Å². The first-order chi connectivity index (χ1) is 13.2. The Morgan fingerprint density at radius 1 is 1.15 bits per heavy atom. The van der Waals surface area contributed by atoms with Gasteiger partial charge in [0.15, 0.2) is 5.96 Å². The number of rotatable bonds is 10. The summed E-state index contributed by atoms with van der Waals surface area (Å²) in [6, 6.07) is 15.1. The van der Waals surface area contributed by atoms with Crippen molar-refractivity contribution < 1.29 is 4.74 Å². The number of aryl methyl sites for hydroxylation is 1. The number of hydrogen-bond acceptors (Lipinski definition) is 3. The summed E-state index contributed by atoms with van der Waals surface area (Å²) in [6.45, 7) is 5.69. The average Bonchev–Trinajstić information content (AvgIpc) is 2.69. The fraction of sp³-hybridized carbons (Fsp3) is 0.429. The van der Waals surface area contributed by atoms with Gasteiger partial charge in [-0.3, -0.25) is 9.79 Å². The van der Waals surface area contributed by atoms with Crippen molar-refractivity contribution in [1.82, 2.24) is 14.8 Å². The maximum Gasteiger partial charge on any atom is 0.250 e. The number of pyridine rings is 1. The van der Waals surface area contributed by atoms with Crippen molar-refractivity contribution in [2.75, 3.05) is 33.3 Å². The van der Waals surface area contributed by atoms with Gasteiger partial charge in [0, 0.05) is 38.9 Å². The van der Waals surface area contributed by atoms with Crippen molar-refractivity contribution in [1.29, 1.82) is 0 Å². The molecule has 2 rings (SSSR count). The SMILES string of the molecule is CCNC(=NCCCCn1ccccc1=O)N(C)CCOc1ccccc1. The zero-order valence-electron chi connectivity index (χ0n) is 16.3. The van der Waals surface area contributed by atoms with Crippen LogP contribution >= 0.6 is 0 Å². The molecule has 0 unspecified atom stereocenters. The van der Waals surface area contributed by atoms with E-state index in [-0.39, 0.29) is 5.56 Å². The molecule has 0 fully saturated rings. The molecule has 0 amide bonds. The van der Waals surface area contributed by atoms with Gasteiger partial charge in [-0.2, -0.15) is 0 Å². The van der Waals surface area contributed by atoms with Crippen molar-refractivity contribution in [3.8, 4) is 5.75 Å². The first kappa shape index (κ1) is 20.6. The number of aliphatic imine (C=N–C) groups is 1. The zero-order chi connectivity index (χ0) is 19.3. The molecule has 0 aliphatic heterocycles. The molecule has 1 N–H and O–H groups in total. The van der Waals surface area contributed by atoms with E-state index < -0.39 is 0 Å². The van der Waals surface area contributed by atoms with E-state index in [1.807, 2.05) is 49.6 Å². The molecule has 6 nitrogen and oxygen atoms in total. The second kappa shape index (κ2) is 11.8. The third-order valence-electron chi connectivity index (χ3n) is 4.10. The maximum absolute atomic E-state index is 11.7. The van der Waals surface area contributed by atoms with Gasteiger partial charge in [-0.25, -0.2) is 0 Å². The standard InChI is InChI=1S/C21H30N4O2/c1-3-22-21(24(2)17-18-27-19-11-5-4-6-12-19)23-14-8-10-16-25-15-9-7-13-20(25)26/h4-7,9,11-13,15H,3,8,10,14,16-18H2,1-2H3,(H,22,23). The van der Waals surface area contributed by atoms with Crippen LogP contribution in [0.3, 0.4) is 0 Å². The molecule has 1 aromatic heterocycles. The van der Waals surface area contributed by atoms with Crippen LogP contribution in [0.25, 0.3) is 0 Å². The third kappa shape index (κ3) is 7.56. The molecule has 2 aromatic rings. The molecule has 1 heterocycles. The minimum absolute atomic E-state index is 0.0486. The average molecular weight is 370 g/mol. The van der Waals surface area contributed by atoms with Crippen LogP contribution in [0.5, 0.6) is 5.75 Å². The number of benzene rings is 1. The molecule has 6 heteroatoms. The molecule has 0 saturated heterocycles. The highest BCUT2D eigenvalue weighted by atomic mass is 16.5. The van der Waals surface area contributed by atoms with E-state index in [9.17, 15) is 4.79 Å². The summed E-state index contributed by atoms with van der Waals surface area (Å²) in [6.07, 6.45) is 3.69. The zero-order valence-corrected chi connectivity index (χ0v) is 16.3. The largest absolute Gasteiger partial charge is 0.492 e. The van der Waals surface area contributed by atoms with E-state index >= 15 is 0 Å². The Bertz CT molecular complexity index is 743. The lowest BCUT2D eigenvalue weighted by Crippen LogP contribution is -2.41. The summed E-state index contributed by atoms with van der Waals surface area (Å²) in [5.74, 6) is 1.76. The first-order valence-corrected chi connectivity index (χ1v) is 9.53. The van der Waals surface area contributed by atoms with Crippen LogP contribution in [0.2, 0.25) is 0 Å². The summed E-state index contributed by atoms with van der Waals surface area (Å²) in [7, 11) is 2.01. The van der Waals surface area contributed by atoms with Gasteiger partial charge in [-0.1, -0.05) is 24.3 Å². The second-order valence-corrected chi connectivity index (χ2v) is 6.26. The first-order valence-electron chi connectivity index (χ1n) is 9.53. The number of likely N-dealkylation sites (N-methyl/N-ethyl adjacent to an activating group) is 1. The van der Waals surface area contributed by atoms with Crippen LogP contribution in [-0.4, -0.2) is 48.7 Å². The smallest absolute Gasteiger partial charge is 0.250 e. The molecular formula is C21H30N4O2. The van der Waals surface area contributed by atoms with Crippen LogP contribution in [0.15, 0.2) is 64.5 Å². The lowest BCUT2D eigenvalue weighted by atomic mass is 10.3. The number of nitrogens with one attached hydrogen (secondary N) is 1. The van der Waals surface area contributed by atoms with Crippen LogP contribution in [0.4, 0.5) is 0 Å². The maximum atomic E-state index is 11.7. The summed E-state index contributed by atoms with van der Waals surface area (Å²) >= 11 is 0. The van der Waals surface area contributed by atoms with Crippen molar-refractivity contribution in [2.24, 2.45) is 4.99 Å². The van der Waals surface area contributed by atoms with E-state index in [1.165, 1.54) is 0 Å². The Morgan fingerprint density at radius 2 is 1.93 bits per heavy atom. The van der Waals surface area contributed by atoms with Gasteiger partial charge in [0.2, 0.25) is 5.56 Å². The summed E-state index contributed by atoms with van der Waals surface area (Å²) < 4.78 is 7.49. The Labute approximate surface area is 161 Å². The number of ether oxygens (including phenoxy) is 1. The molecule has 0 bridgehead atoms. The Balaban J connectivity index is 1.73. The topological polar surface area (TPSA) is 58.9 Å². The van der Waals surface area contributed by atoms with E-state index in [0.717, 1.165) is 50.7 Å². The van der Waals surface area contributed by atoms with Gasteiger partial charge >= 0.3 is 0 Å². The number of nitrogens with zero attached hydrogens (tertiary/aromatic N) is 3. The number of unbranched alkanes of at least 4 members (excludes halogenated alkanes) is 1. The molecule has 0 atom stereocenters. The molecule has 0 aliphatic rings. The van der Waals surface area contributed by atoms with Crippen molar-refractivity contribution >= 4 is 5.96 Å². The summed E-state index contributed by atoms with van der Waals surface area (Å²) in [5.41, 5.74) is 0.0486. The number of hydrogen-bond donors (Lipinski definition) is 1. The molecule has 0 aliphatic carbocycles. The van der Waals surface area contributed by atoms with Gasteiger partial charge in [0.05, 0.1) is 6.54 Å². The number of aromatic nitrogens is 1. The normalized spacial score (nSPS) is 11.3. The molecule has 0 spiro atoms. The predicted octanol–water partition coefficient (Wildman–Crippen LogP) is 2.60.